The van der Waals surface area contributed by atoms with Crippen LogP contribution in [0.4, 0.5) is 14.4 Å². The fraction of sp³-hybridized carbons (Fsp3) is 0.894. The van der Waals surface area contributed by atoms with E-state index >= 15 is 0 Å². The molecule has 0 aliphatic carbocycles. The second kappa shape index (κ2) is 51.3. The summed E-state index contributed by atoms with van der Waals surface area (Å²) in [4.78, 5) is 86.4. The lowest BCUT2D eigenvalue weighted by molar-refractivity contribution is -0.282. The summed E-state index contributed by atoms with van der Waals surface area (Å²) in [5, 5.41) is 109. The van der Waals surface area contributed by atoms with Gasteiger partial charge in [0.1, 0.15) is 48.8 Å². The number of amides is 7. The summed E-state index contributed by atoms with van der Waals surface area (Å²) in [6.45, 7) is 9.02. The Morgan fingerprint density at radius 1 is 0.367 bits per heavy atom. The third-order valence-corrected chi connectivity index (χ3v) is 17.7. The van der Waals surface area contributed by atoms with Crippen molar-refractivity contribution in [2.75, 3.05) is 98.7 Å². The van der Waals surface area contributed by atoms with Gasteiger partial charge in [0, 0.05) is 77.3 Å². The van der Waals surface area contributed by atoms with Gasteiger partial charge in [0.15, 0.2) is 18.9 Å². The topological polar surface area (TPSA) is 469 Å². The molecule has 570 valence electrons. The number of unbranched alkanes of at least 4 members (excludes halogenated alkanes) is 9. The number of carbonyl (C=O) groups excluding carboxylic acids is 7. The number of aliphatic hydroxyl groups excluding tert-OH is 9. The van der Waals surface area contributed by atoms with Crippen LogP contribution in [0.15, 0.2) is 0 Å². The molecular weight excluding hydrogens is 1290 g/mol. The molecule has 3 heterocycles. The number of nitrogens with one attached hydrogen (secondary N) is 7. The molecule has 3 saturated heterocycles. The van der Waals surface area contributed by atoms with Crippen LogP contribution in [0.2, 0.25) is 0 Å². The average Bonchev–Trinajstić information content (AvgIpc) is 0.829. The van der Waals surface area contributed by atoms with Gasteiger partial charge in [0.05, 0.1) is 71.7 Å². The molecule has 0 aromatic carbocycles. The van der Waals surface area contributed by atoms with Crippen molar-refractivity contribution in [3.8, 4) is 0 Å². The van der Waals surface area contributed by atoms with E-state index in [0.717, 1.165) is 70.6 Å². The average molecular weight is 1410 g/mol. The normalized spacial score (nSPS) is 26.0. The molecule has 32 heteroatoms. The Morgan fingerprint density at radius 2 is 0.653 bits per heavy atom. The summed E-state index contributed by atoms with van der Waals surface area (Å²) in [6.07, 6.45) is 0.212. The maximum atomic E-state index is 12.6. The van der Waals surface area contributed by atoms with Crippen LogP contribution in [-0.4, -0.2) is 266 Å². The minimum absolute atomic E-state index is 0.0632. The zero-order valence-electron chi connectivity index (χ0n) is 58.3. The van der Waals surface area contributed by atoms with Gasteiger partial charge >= 0.3 is 18.3 Å². The maximum absolute atomic E-state index is 12.6. The van der Waals surface area contributed by atoms with Crippen molar-refractivity contribution in [2.24, 2.45) is 17.3 Å². The van der Waals surface area contributed by atoms with Crippen molar-refractivity contribution in [2.45, 2.75) is 262 Å². The molecule has 3 aliphatic rings. The number of hydrogen-bond acceptors (Lipinski definition) is 25. The Balaban J connectivity index is 1.28. The number of hydrogen-bond donors (Lipinski definition) is 16. The first-order valence-corrected chi connectivity index (χ1v) is 35.6. The van der Waals surface area contributed by atoms with E-state index in [9.17, 15) is 79.5 Å². The second-order valence-corrected chi connectivity index (χ2v) is 26.1. The molecule has 0 radical (unpaired) electrons. The molecule has 0 aromatic heterocycles. The standard InChI is InChI=1S/C66H121N7O25/c1-44-54(81)56(83)47(41-74)96-60(44)90-35-17-23-50(78)67-29-11-5-8-14-32-70-63(87)93-38-20-26-66(4,27-21-39-94-64(88)71-33-15-9-6-12-30-68-51(79)24-18-36-91-61-45(2)55(82)57(84)48(42-75)97-61)28-22-40-95-65(89)72-34-16-10-7-13-31-69-52(80)25-19-37-92-62-53(73-46(3)77)59(86)58(85)49(43-76)98-62/h44-45,47-49,53-62,74-76,81-86H,5-43H2,1-4H3,(H,67,78)(H,68,79)(H,69,80)(H,70,87)(H,71,88)(H,72,89)(H,73,77). The summed E-state index contributed by atoms with van der Waals surface area (Å²) in [5.74, 6) is -1.90. The fourth-order valence-corrected chi connectivity index (χ4v) is 11.6. The second-order valence-electron chi connectivity index (χ2n) is 26.1. The van der Waals surface area contributed by atoms with Crippen LogP contribution in [0.3, 0.4) is 0 Å². The fourth-order valence-electron chi connectivity index (χ4n) is 11.6. The van der Waals surface area contributed by atoms with Crippen LogP contribution in [-0.2, 0) is 61.8 Å². The predicted octanol–water partition coefficient (Wildman–Crippen LogP) is 1.03. The molecule has 98 heavy (non-hydrogen) atoms. The van der Waals surface area contributed by atoms with Gasteiger partial charge in [0.2, 0.25) is 23.6 Å². The largest absolute Gasteiger partial charge is 0.450 e. The first-order valence-electron chi connectivity index (χ1n) is 35.6. The minimum atomic E-state index is -1.43. The van der Waals surface area contributed by atoms with Gasteiger partial charge < -0.3 is 126 Å². The van der Waals surface area contributed by atoms with E-state index < -0.39 is 136 Å². The SMILES string of the molecule is CC(=O)NC1C(OCCCC(=O)NCCCCCCNC(=O)OCCCC(C)(CCCOC(=O)NCCCCCCNC(=O)CCCOC2OC(CO)C(O)C(O)C2C)CCCOC(=O)NCCCCCCNC(=O)CCCOC2OC(CO)C(O)C(O)C2C)OC(CO)C(O)C1O. The third kappa shape index (κ3) is 36.1. The number of rotatable bonds is 52. The minimum Gasteiger partial charge on any atom is -0.450 e. The lowest BCUT2D eigenvalue weighted by Crippen LogP contribution is -2.64. The quantitative estimate of drug-likeness (QED) is 0.0299. The lowest BCUT2D eigenvalue weighted by Gasteiger charge is -2.42. The Labute approximate surface area is 577 Å². The molecule has 3 rings (SSSR count). The van der Waals surface area contributed by atoms with E-state index in [0.29, 0.717) is 103 Å². The van der Waals surface area contributed by atoms with Gasteiger partial charge in [-0.05, 0) is 102 Å². The molecule has 15 unspecified atom stereocenters. The Bertz CT molecular complexity index is 2120. The van der Waals surface area contributed by atoms with Crippen molar-refractivity contribution >= 4 is 41.9 Å². The van der Waals surface area contributed by atoms with E-state index in [1.807, 2.05) is 0 Å². The van der Waals surface area contributed by atoms with Gasteiger partial charge in [0.25, 0.3) is 0 Å². The number of ether oxygens (including phenoxy) is 9. The van der Waals surface area contributed by atoms with Crippen molar-refractivity contribution < 1.29 is 122 Å². The van der Waals surface area contributed by atoms with Crippen LogP contribution in [0.25, 0.3) is 0 Å². The first kappa shape index (κ1) is 87.3. The van der Waals surface area contributed by atoms with E-state index in [1.165, 1.54) is 6.92 Å². The van der Waals surface area contributed by atoms with Crippen LogP contribution in [0.1, 0.15) is 182 Å². The van der Waals surface area contributed by atoms with Crippen molar-refractivity contribution in [3.05, 3.63) is 0 Å². The molecule has 0 aromatic rings. The van der Waals surface area contributed by atoms with Crippen LogP contribution >= 0.6 is 0 Å². The van der Waals surface area contributed by atoms with Crippen molar-refractivity contribution in [1.29, 1.82) is 0 Å². The smallest absolute Gasteiger partial charge is 0.407 e. The van der Waals surface area contributed by atoms with Gasteiger partial charge in [-0.3, -0.25) is 19.2 Å². The van der Waals surface area contributed by atoms with Crippen LogP contribution in [0, 0.1) is 17.3 Å². The highest BCUT2D eigenvalue weighted by molar-refractivity contribution is 5.76. The van der Waals surface area contributed by atoms with Gasteiger partial charge in [-0.15, -0.1) is 0 Å². The van der Waals surface area contributed by atoms with E-state index in [-0.39, 0.29) is 82.0 Å². The highest BCUT2D eigenvalue weighted by Gasteiger charge is 2.46. The van der Waals surface area contributed by atoms with E-state index in [4.69, 9.17) is 42.6 Å². The van der Waals surface area contributed by atoms with E-state index in [1.54, 1.807) is 13.8 Å². The zero-order chi connectivity index (χ0) is 72.1. The lowest BCUT2D eigenvalue weighted by atomic mass is 9.77. The Hall–Kier alpha value is -4.91. The summed E-state index contributed by atoms with van der Waals surface area (Å²) in [6, 6.07) is -1.06. The molecule has 0 spiro atoms. The summed E-state index contributed by atoms with van der Waals surface area (Å²) in [7, 11) is 0. The first-order chi connectivity index (χ1) is 47.0. The molecule has 32 nitrogen and oxygen atoms in total. The monoisotopic (exact) mass is 1410 g/mol. The summed E-state index contributed by atoms with van der Waals surface area (Å²) < 4.78 is 50.1. The van der Waals surface area contributed by atoms with Gasteiger partial charge in [-0.2, -0.15) is 0 Å². The molecular formula is C66H121N7O25. The van der Waals surface area contributed by atoms with Gasteiger partial charge in [-0.1, -0.05) is 59.3 Å². The molecule has 15 atom stereocenters. The molecule has 16 N–H and O–H groups in total. The molecule has 3 fully saturated rings. The molecule has 3 aliphatic heterocycles. The molecule has 0 saturated carbocycles. The highest BCUT2D eigenvalue weighted by atomic mass is 16.7. The Morgan fingerprint density at radius 3 is 0.959 bits per heavy atom. The molecule has 0 bridgehead atoms. The van der Waals surface area contributed by atoms with Gasteiger partial charge in [-0.25, -0.2) is 14.4 Å². The summed E-state index contributed by atoms with van der Waals surface area (Å²) in [5.41, 5.74) is -0.265. The predicted molar refractivity (Wildman–Crippen MR) is 353 cm³/mol. The van der Waals surface area contributed by atoms with Crippen LogP contribution < -0.4 is 37.2 Å². The number of aliphatic hydroxyl groups is 9. The van der Waals surface area contributed by atoms with Crippen LogP contribution in [0.5, 0.6) is 0 Å². The van der Waals surface area contributed by atoms with E-state index in [2.05, 4.69) is 44.1 Å². The molecule has 7 amide bonds. The number of alkyl carbamates (subject to hydrolysis) is 3. The number of carbonyl (C=O) groups is 7. The van der Waals surface area contributed by atoms with Crippen molar-refractivity contribution in [1.82, 2.24) is 37.2 Å². The van der Waals surface area contributed by atoms with Crippen molar-refractivity contribution in [3.63, 3.8) is 0 Å². The Kier molecular flexibility index (Phi) is 45.7. The zero-order valence-corrected chi connectivity index (χ0v) is 58.3. The third-order valence-electron chi connectivity index (χ3n) is 17.7. The maximum Gasteiger partial charge on any atom is 0.407 e. The summed E-state index contributed by atoms with van der Waals surface area (Å²) >= 11 is 0. The highest BCUT2D eigenvalue weighted by Crippen LogP contribution is 2.35.